The van der Waals surface area contributed by atoms with Gasteiger partial charge in [0.05, 0.1) is 0 Å². The molecule has 0 bridgehead atoms. The van der Waals surface area contributed by atoms with Gasteiger partial charge in [0.15, 0.2) is 5.78 Å². The Labute approximate surface area is 78.9 Å². The molecule has 0 aromatic carbocycles. The van der Waals surface area contributed by atoms with Crippen LogP contribution >= 0.6 is 0 Å². The number of rotatable bonds is 3. The van der Waals surface area contributed by atoms with Gasteiger partial charge in [-0.05, 0) is 31.8 Å². The van der Waals surface area contributed by atoms with Crippen LogP contribution in [0.25, 0.3) is 0 Å². The van der Waals surface area contributed by atoms with Crippen molar-refractivity contribution >= 4 is 5.78 Å². The van der Waals surface area contributed by atoms with E-state index >= 15 is 0 Å². The summed E-state index contributed by atoms with van der Waals surface area (Å²) in [6.45, 7) is 3.33. The minimum atomic E-state index is 0.145. The molecular weight excluding hydrogens is 166 g/mol. The summed E-state index contributed by atoms with van der Waals surface area (Å²) in [5.41, 5.74) is 6.01. The lowest BCUT2D eigenvalue weighted by Gasteiger charge is -2.20. The number of hydrogen-bond acceptors (Lipinski definition) is 3. The van der Waals surface area contributed by atoms with E-state index in [0.717, 1.165) is 26.1 Å². The van der Waals surface area contributed by atoms with Crippen LogP contribution in [0.3, 0.4) is 0 Å². The maximum absolute atomic E-state index is 11.3. The van der Waals surface area contributed by atoms with Gasteiger partial charge < -0.3 is 10.5 Å². The summed E-state index contributed by atoms with van der Waals surface area (Å²) < 4.78 is 5.21. The zero-order valence-electron chi connectivity index (χ0n) is 8.08. The van der Waals surface area contributed by atoms with Crippen LogP contribution < -0.4 is 5.73 Å². The molecule has 0 amide bonds. The molecule has 1 saturated heterocycles. The Bertz CT molecular complexity index is 201. The fraction of sp³-hybridized carbons (Fsp3) is 0.700. The SMILES string of the molecule is C/C(N)=C/C(=O)CC1CCOCC1. The van der Waals surface area contributed by atoms with Crippen molar-refractivity contribution in [3.8, 4) is 0 Å². The third-order valence-corrected chi connectivity index (χ3v) is 2.22. The molecule has 1 fully saturated rings. The highest BCUT2D eigenvalue weighted by molar-refractivity contribution is 5.90. The van der Waals surface area contributed by atoms with E-state index in [1.54, 1.807) is 6.92 Å². The van der Waals surface area contributed by atoms with Crippen LogP contribution in [-0.2, 0) is 9.53 Å². The Morgan fingerprint density at radius 1 is 1.54 bits per heavy atom. The van der Waals surface area contributed by atoms with E-state index < -0.39 is 0 Å². The smallest absolute Gasteiger partial charge is 0.157 e. The van der Waals surface area contributed by atoms with Crippen LogP contribution in [-0.4, -0.2) is 19.0 Å². The summed E-state index contributed by atoms with van der Waals surface area (Å²) in [7, 11) is 0. The van der Waals surface area contributed by atoms with E-state index in [0.29, 0.717) is 18.0 Å². The number of nitrogens with two attached hydrogens (primary N) is 1. The molecule has 0 radical (unpaired) electrons. The van der Waals surface area contributed by atoms with Gasteiger partial charge in [0.2, 0.25) is 0 Å². The number of carbonyl (C=O) groups excluding carboxylic acids is 1. The van der Waals surface area contributed by atoms with Crippen molar-refractivity contribution in [2.45, 2.75) is 26.2 Å². The highest BCUT2D eigenvalue weighted by Crippen LogP contribution is 2.18. The van der Waals surface area contributed by atoms with Crippen molar-refractivity contribution < 1.29 is 9.53 Å². The average Bonchev–Trinajstić information content (AvgIpc) is 2.04. The lowest BCUT2D eigenvalue weighted by atomic mass is 9.94. The van der Waals surface area contributed by atoms with E-state index in [-0.39, 0.29) is 5.78 Å². The lowest BCUT2D eigenvalue weighted by Crippen LogP contribution is -2.18. The van der Waals surface area contributed by atoms with E-state index in [9.17, 15) is 4.79 Å². The molecule has 0 aromatic heterocycles. The molecule has 1 aliphatic rings. The highest BCUT2D eigenvalue weighted by atomic mass is 16.5. The van der Waals surface area contributed by atoms with Crippen molar-refractivity contribution in [3.05, 3.63) is 11.8 Å². The van der Waals surface area contributed by atoms with Gasteiger partial charge >= 0.3 is 0 Å². The average molecular weight is 183 g/mol. The van der Waals surface area contributed by atoms with Gasteiger partial charge in [0.25, 0.3) is 0 Å². The fourth-order valence-electron chi connectivity index (χ4n) is 1.55. The first kappa shape index (κ1) is 10.3. The van der Waals surface area contributed by atoms with Crippen molar-refractivity contribution in [2.75, 3.05) is 13.2 Å². The normalized spacial score (nSPS) is 20.2. The zero-order valence-corrected chi connectivity index (χ0v) is 8.08. The molecule has 2 N–H and O–H groups in total. The zero-order chi connectivity index (χ0) is 9.68. The molecule has 0 unspecified atom stereocenters. The van der Waals surface area contributed by atoms with Gasteiger partial charge in [-0.25, -0.2) is 0 Å². The topological polar surface area (TPSA) is 52.3 Å². The number of allylic oxidation sites excluding steroid dienone is 2. The third-order valence-electron chi connectivity index (χ3n) is 2.22. The minimum Gasteiger partial charge on any atom is -0.402 e. The van der Waals surface area contributed by atoms with Crippen molar-refractivity contribution in [2.24, 2.45) is 11.7 Å². The highest BCUT2D eigenvalue weighted by Gasteiger charge is 2.15. The molecule has 0 spiro atoms. The van der Waals surface area contributed by atoms with Crippen LogP contribution in [0.4, 0.5) is 0 Å². The minimum absolute atomic E-state index is 0.145. The summed E-state index contributed by atoms with van der Waals surface area (Å²) >= 11 is 0. The second kappa shape index (κ2) is 5.02. The van der Waals surface area contributed by atoms with Crippen LogP contribution in [0.5, 0.6) is 0 Å². The van der Waals surface area contributed by atoms with Crippen LogP contribution in [0.1, 0.15) is 26.2 Å². The molecule has 3 nitrogen and oxygen atoms in total. The molecule has 1 rings (SSSR count). The Morgan fingerprint density at radius 3 is 2.69 bits per heavy atom. The number of carbonyl (C=O) groups is 1. The van der Waals surface area contributed by atoms with Crippen LogP contribution in [0.2, 0.25) is 0 Å². The molecule has 1 heterocycles. The first-order valence-corrected chi connectivity index (χ1v) is 4.73. The molecule has 74 valence electrons. The van der Waals surface area contributed by atoms with Gasteiger partial charge in [-0.2, -0.15) is 0 Å². The fourth-order valence-corrected chi connectivity index (χ4v) is 1.55. The Kier molecular flexibility index (Phi) is 3.96. The molecule has 13 heavy (non-hydrogen) atoms. The third kappa shape index (κ3) is 4.08. The molecule has 0 aromatic rings. The first-order valence-electron chi connectivity index (χ1n) is 4.73. The monoisotopic (exact) mass is 183 g/mol. The molecule has 0 aliphatic carbocycles. The predicted octanol–water partition coefficient (Wildman–Crippen LogP) is 1.23. The Morgan fingerprint density at radius 2 is 2.15 bits per heavy atom. The van der Waals surface area contributed by atoms with E-state index in [2.05, 4.69) is 0 Å². The summed E-state index contributed by atoms with van der Waals surface area (Å²) in [5.74, 6) is 0.642. The largest absolute Gasteiger partial charge is 0.402 e. The van der Waals surface area contributed by atoms with E-state index in [4.69, 9.17) is 10.5 Å². The van der Waals surface area contributed by atoms with Gasteiger partial charge in [-0.1, -0.05) is 0 Å². The molecule has 1 aliphatic heterocycles. The lowest BCUT2D eigenvalue weighted by molar-refractivity contribution is -0.116. The number of ketones is 1. The number of ether oxygens (including phenoxy) is 1. The Hall–Kier alpha value is -0.830. The summed E-state index contributed by atoms with van der Waals surface area (Å²) in [5, 5.41) is 0. The second-order valence-electron chi connectivity index (χ2n) is 3.61. The summed E-state index contributed by atoms with van der Waals surface area (Å²) in [6, 6.07) is 0. The predicted molar refractivity (Wildman–Crippen MR) is 51.1 cm³/mol. The van der Waals surface area contributed by atoms with Crippen LogP contribution in [0, 0.1) is 5.92 Å². The molecule has 0 atom stereocenters. The van der Waals surface area contributed by atoms with E-state index in [1.165, 1.54) is 6.08 Å². The van der Waals surface area contributed by atoms with Gasteiger partial charge in [0, 0.05) is 25.3 Å². The second-order valence-corrected chi connectivity index (χ2v) is 3.61. The van der Waals surface area contributed by atoms with Crippen molar-refractivity contribution in [1.29, 1.82) is 0 Å². The molecule has 3 heteroatoms. The molecular formula is C10H17NO2. The van der Waals surface area contributed by atoms with Crippen LogP contribution in [0.15, 0.2) is 11.8 Å². The van der Waals surface area contributed by atoms with Gasteiger partial charge in [0.1, 0.15) is 0 Å². The summed E-state index contributed by atoms with van der Waals surface area (Å²) in [4.78, 5) is 11.3. The van der Waals surface area contributed by atoms with Crippen molar-refractivity contribution in [1.82, 2.24) is 0 Å². The molecule has 0 saturated carbocycles. The van der Waals surface area contributed by atoms with E-state index in [1.807, 2.05) is 0 Å². The number of hydrogen-bond donors (Lipinski definition) is 1. The summed E-state index contributed by atoms with van der Waals surface area (Å²) in [6.07, 6.45) is 4.15. The maximum Gasteiger partial charge on any atom is 0.157 e. The quantitative estimate of drug-likeness (QED) is 0.670. The van der Waals surface area contributed by atoms with Gasteiger partial charge in [-0.3, -0.25) is 4.79 Å². The maximum atomic E-state index is 11.3. The first-order chi connectivity index (χ1) is 6.18. The Balaban J connectivity index is 2.30. The van der Waals surface area contributed by atoms with Gasteiger partial charge in [-0.15, -0.1) is 0 Å². The van der Waals surface area contributed by atoms with Crippen molar-refractivity contribution in [3.63, 3.8) is 0 Å². The standard InChI is InChI=1S/C10H17NO2/c1-8(11)6-10(12)7-9-2-4-13-5-3-9/h6,9H,2-5,7,11H2,1H3/b8-6-.